The second kappa shape index (κ2) is 7.71. The minimum absolute atomic E-state index is 0.0915. The Labute approximate surface area is 167 Å². The topological polar surface area (TPSA) is 68.0 Å². The Morgan fingerprint density at radius 3 is 2.52 bits per heavy atom. The van der Waals surface area contributed by atoms with Crippen molar-refractivity contribution >= 4 is 29.1 Å². The molecule has 3 rings (SSSR count). The van der Waals surface area contributed by atoms with Crippen LogP contribution in [-0.4, -0.2) is 16.0 Å². The number of rotatable bonds is 4. The van der Waals surface area contributed by atoms with Crippen molar-refractivity contribution in [3.05, 3.63) is 69.7 Å². The van der Waals surface area contributed by atoms with E-state index in [1.807, 2.05) is 12.1 Å². The molecule has 0 saturated carbocycles. The molecule has 5 nitrogen and oxygen atoms in total. The summed E-state index contributed by atoms with van der Waals surface area (Å²) in [6.45, 7) is 6.68. The van der Waals surface area contributed by atoms with E-state index in [-0.39, 0.29) is 28.6 Å². The minimum Gasteiger partial charge on any atom is -0.359 e. The zero-order valence-corrected chi connectivity index (χ0v) is 16.7. The standard InChI is InChI=1S/C20H19Cl2N3O2/c1-20(2,3)13-6-4-12(5-7-13)17-9-15(27-25-17)11-24-19(26)16-8-14(21)10-23-18(16)22/h4-10H,11H2,1-3H3,(H,24,26). The summed E-state index contributed by atoms with van der Waals surface area (Å²) in [5.41, 5.74) is 3.21. The first-order valence-electron chi connectivity index (χ1n) is 8.40. The van der Waals surface area contributed by atoms with Crippen LogP contribution in [-0.2, 0) is 12.0 Å². The number of nitrogens with one attached hydrogen (secondary N) is 1. The van der Waals surface area contributed by atoms with Crippen molar-refractivity contribution in [3.63, 3.8) is 0 Å². The fourth-order valence-electron chi connectivity index (χ4n) is 2.52. The molecule has 0 aliphatic rings. The van der Waals surface area contributed by atoms with Crippen molar-refractivity contribution < 1.29 is 9.32 Å². The lowest BCUT2D eigenvalue weighted by Gasteiger charge is -2.18. The molecule has 0 aliphatic heterocycles. The molecule has 3 aromatic rings. The van der Waals surface area contributed by atoms with Crippen LogP contribution in [0.15, 0.2) is 47.1 Å². The van der Waals surface area contributed by atoms with Crippen molar-refractivity contribution in [2.45, 2.75) is 32.7 Å². The molecule has 140 valence electrons. The number of hydrogen-bond donors (Lipinski definition) is 1. The van der Waals surface area contributed by atoms with Crippen LogP contribution in [0.1, 0.15) is 42.5 Å². The van der Waals surface area contributed by atoms with Gasteiger partial charge in [0.05, 0.1) is 17.1 Å². The van der Waals surface area contributed by atoms with Crippen molar-refractivity contribution in [2.75, 3.05) is 0 Å². The maximum absolute atomic E-state index is 12.2. The zero-order chi connectivity index (χ0) is 19.6. The summed E-state index contributed by atoms with van der Waals surface area (Å²) in [4.78, 5) is 16.1. The first-order chi connectivity index (χ1) is 12.7. The van der Waals surface area contributed by atoms with Crippen molar-refractivity contribution in [3.8, 4) is 11.3 Å². The number of aromatic nitrogens is 2. The molecule has 1 N–H and O–H groups in total. The summed E-state index contributed by atoms with van der Waals surface area (Å²) >= 11 is 11.8. The molecule has 2 aromatic heterocycles. The van der Waals surface area contributed by atoms with E-state index in [0.717, 1.165) is 5.56 Å². The van der Waals surface area contributed by atoms with Gasteiger partial charge >= 0.3 is 0 Å². The predicted octanol–water partition coefficient (Wildman–Crippen LogP) is 5.27. The van der Waals surface area contributed by atoms with Crippen molar-refractivity contribution in [2.24, 2.45) is 0 Å². The molecule has 0 fully saturated rings. The summed E-state index contributed by atoms with van der Waals surface area (Å²) in [6, 6.07) is 11.5. The highest BCUT2D eigenvalue weighted by Gasteiger charge is 2.15. The van der Waals surface area contributed by atoms with Crippen molar-refractivity contribution in [1.82, 2.24) is 15.5 Å². The molecular weight excluding hydrogens is 385 g/mol. The second-order valence-electron chi connectivity index (χ2n) is 7.18. The Morgan fingerprint density at radius 2 is 1.85 bits per heavy atom. The number of halogens is 2. The van der Waals surface area contributed by atoms with Crippen LogP contribution in [0, 0.1) is 0 Å². The molecule has 0 spiro atoms. The Bertz CT molecular complexity index is 960. The van der Waals surface area contributed by atoms with Crippen LogP contribution in [0.4, 0.5) is 0 Å². The van der Waals surface area contributed by atoms with Gasteiger partial charge in [-0.25, -0.2) is 4.98 Å². The first-order valence-corrected chi connectivity index (χ1v) is 9.15. The van der Waals surface area contributed by atoms with Gasteiger partial charge in [-0.15, -0.1) is 0 Å². The SMILES string of the molecule is CC(C)(C)c1ccc(-c2cc(CNC(=O)c3cc(Cl)cnc3Cl)on2)cc1. The molecule has 7 heteroatoms. The Morgan fingerprint density at radius 1 is 1.15 bits per heavy atom. The number of carbonyl (C=O) groups is 1. The summed E-state index contributed by atoms with van der Waals surface area (Å²) in [7, 11) is 0. The quantitative estimate of drug-likeness (QED) is 0.602. The lowest BCUT2D eigenvalue weighted by molar-refractivity contribution is 0.0947. The van der Waals surface area contributed by atoms with Gasteiger partial charge in [-0.3, -0.25) is 4.79 Å². The van der Waals surface area contributed by atoms with Crippen LogP contribution < -0.4 is 5.32 Å². The van der Waals surface area contributed by atoms with Gasteiger partial charge in [-0.05, 0) is 17.0 Å². The number of amides is 1. The number of carbonyl (C=O) groups excluding carboxylic acids is 1. The smallest absolute Gasteiger partial charge is 0.254 e. The lowest BCUT2D eigenvalue weighted by Crippen LogP contribution is -2.23. The van der Waals surface area contributed by atoms with Gasteiger partial charge < -0.3 is 9.84 Å². The van der Waals surface area contributed by atoms with Gasteiger partial charge in [0.1, 0.15) is 10.8 Å². The number of pyridine rings is 1. The fourth-order valence-corrected chi connectivity index (χ4v) is 2.86. The van der Waals surface area contributed by atoms with E-state index in [2.05, 4.69) is 48.4 Å². The molecule has 1 aromatic carbocycles. The number of hydrogen-bond acceptors (Lipinski definition) is 4. The molecule has 2 heterocycles. The maximum atomic E-state index is 12.2. The third-order valence-electron chi connectivity index (χ3n) is 4.08. The summed E-state index contributed by atoms with van der Waals surface area (Å²) in [6.07, 6.45) is 1.38. The van der Waals surface area contributed by atoms with E-state index < -0.39 is 0 Å². The third-order valence-corrected chi connectivity index (χ3v) is 4.59. The monoisotopic (exact) mass is 403 g/mol. The Kier molecular flexibility index (Phi) is 5.53. The zero-order valence-electron chi connectivity index (χ0n) is 15.2. The van der Waals surface area contributed by atoms with Crippen LogP contribution in [0.5, 0.6) is 0 Å². The fraction of sp³-hybridized carbons (Fsp3) is 0.250. The van der Waals surface area contributed by atoms with Crippen LogP contribution >= 0.6 is 23.2 Å². The molecule has 0 aliphatic carbocycles. The molecule has 0 unspecified atom stereocenters. The van der Waals surface area contributed by atoms with Gasteiger partial charge in [-0.1, -0.05) is 73.4 Å². The number of nitrogens with zero attached hydrogens (tertiary/aromatic N) is 2. The number of benzene rings is 1. The lowest BCUT2D eigenvalue weighted by atomic mass is 9.86. The van der Waals surface area contributed by atoms with Gasteiger partial charge in [0, 0.05) is 17.8 Å². The molecule has 27 heavy (non-hydrogen) atoms. The van der Waals surface area contributed by atoms with Crippen LogP contribution in [0.3, 0.4) is 0 Å². The average Bonchev–Trinajstić information content (AvgIpc) is 3.10. The molecule has 0 radical (unpaired) electrons. The molecule has 1 amide bonds. The van der Waals surface area contributed by atoms with Gasteiger partial charge in [-0.2, -0.15) is 0 Å². The van der Waals surface area contributed by atoms with Crippen LogP contribution in [0.2, 0.25) is 10.2 Å². The van der Waals surface area contributed by atoms with E-state index in [1.54, 1.807) is 6.07 Å². The van der Waals surface area contributed by atoms with Gasteiger partial charge in [0.25, 0.3) is 5.91 Å². The van der Waals surface area contributed by atoms with E-state index in [0.29, 0.717) is 16.5 Å². The van der Waals surface area contributed by atoms with Gasteiger partial charge in [0.2, 0.25) is 0 Å². The van der Waals surface area contributed by atoms with E-state index in [1.165, 1.54) is 17.8 Å². The molecule has 0 bridgehead atoms. The minimum atomic E-state index is -0.387. The predicted molar refractivity (Wildman–Crippen MR) is 106 cm³/mol. The summed E-state index contributed by atoms with van der Waals surface area (Å²) < 4.78 is 5.32. The highest BCUT2D eigenvalue weighted by molar-refractivity contribution is 6.34. The van der Waals surface area contributed by atoms with Gasteiger partial charge in [0.15, 0.2) is 5.76 Å². The first kappa shape index (κ1) is 19.4. The summed E-state index contributed by atoms with van der Waals surface area (Å²) in [5.74, 6) is 0.145. The Hall–Kier alpha value is -2.37. The van der Waals surface area contributed by atoms with E-state index in [4.69, 9.17) is 27.7 Å². The second-order valence-corrected chi connectivity index (χ2v) is 7.97. The molecular formula is C20H19Cl2N3O2. The molecule has 0 atom stereocenters. The highest BCUT2D eigenvalue weighted by Crippen LogP contribution is 2.26. The molecule has 0 saturated heterocycles. The normalized spacial score (nSPS) is 11.4. The maximum Gasteiger partial charge on any atom is 0.254 e. The average molecular weight is 404 g/mol. The van der Waals surface area contributed by atoms with E-state index in [9.17, 15) is 4.79 Å². The Balaban J connectivity index is 1.67. The summed E-state index contributed by atoms with van der Waals surface area (Å²) in [5, 5.41) is 7.23. The van der Waals surface area contributed by atoms with Crippen LogP contribution in [0.25, 0.3) is 11.3 Å². The highest BCUT2D eigenvalue weighted by atomic mass is 35.5. The largest absolute Gasteiger partial charge is 0.359 e. The van der Waals surface area contributed by atoms with Crippen molar-refractivity contribution in [1.29, 1.82) is 0 Å². The van der Waals surface area contributed by atoms with E-state index >= 15 is 0 Å². The third kappa shape index (κ3) is 4.67.